The Hall–Kier alpha value is -1.31. The molecular weight excluding hydrogens is 248 g/mol. The molecule has 0 aliphatic carbocycles. The summed E-state index contributed by atoms with van der Waals surface area (Å²) in [4.78, 5) is 10.4. The van der Waals surface area contributed by atoms with E-state index in [-0.39, 0.29) is 6.42 Å². The van der Waals surface area contributed by atoms with E-state index in [9.17, 15) is 4.79 Å². The summed E-state index contributed by atoms with van der Waals surface area (Å²) in [6.07, 6.45) is 12.0. The summed E-state index contributed by atoms with van der Waals surface area (Å²) in [7, 11) is 0. The average Bonchev–Trinajstić information content (AvgIpc) is 2.49. The van der Waals surface area contributed by atoms with E-state index in [0.29, 0.717) is 6.42 Å². The van der Waals surface area contributed by atoms with Gasteiger partial charge in [0, 0.05) is 11.9 Å². The number of hydrogen-bond acceptors (Lipinski definition) is 1. The smallest absolute Gasteiger partial charge is 0.303 e. The van der Waals surface area contributed by atoms with Crippen LogP contribution in [-0.4, -0.2) is 11.1 Å². The summed E-state index contributed by atoms with van der Waals surface area (Å²) in [5.41, 5.74) is 0. The van der Waals surface area contributed by atoms with E-state index in [4.69, 9.17) is 10.6 Å². The van der Waals surface area contributed by atoms with Gasteiger partial charge in [0.05, 0.1) is 0 Å². The number of hydrogen-bond donors (Lipinski definition) is 1. The summed E-state index contributed by atoms with van der Waals surface area (Å²) in [6.45, 7) is 1.92. The van der Waals surface area contributed by atoms with E-state index in [1.807, 2.05) is 6.92 Å². The first-order valence-corrected chi connectivity index (χ1v) is 7.46. The van der Waals surface area contributed by atoms with Crippen LogP contribution in [0.3, 0.4) is 0 Å². The topological polar surface area (TPSA) is 37.3 Å². The van der Waals surface area contributed by atoms with E-state index in [0.717, 1.165) is 38.5 Å². The first-order chi connectivity index (χ1) is 11.2. The van der Waals surface area contributed by atoms with Crippen LogP contribution in [-0.2, 0) is 4.79 Å². The van der Waals surface area contributed by atoms with Crippen LogP contribution in [0.25, 0.3) is 0 Å². The molecule has 0 heterocycles. The molecule has 2 heteroatoms. The lowest BCUT2D eigenvalue weighted by atomic mass is 10.1. The van der Waals surface area contributed by atoms with Crippen molar-refractivity contribution in [3.63, 3.8) is 0 Å². The Kier molecular flexibility index (Phi) is 9.79. The Morgan fingerprint density at radius 3 is 2.10 bits per heavy atom. The van der Waals surface area contributed by atoms with Crippen molar-refractivity contribution in [2.45, 2.75) is 71.0 Å². The number of carboxylic acids is 1. The summed E-state index contributed by atoms with van der Waals surface area (Å²) < 4.78 is 31.1. The number of rotatable bonds is 13. The van der Waals surface area contributed by atoms with Crippen molar-refractivity contribution in [3.05, 3.63) is 36.5 Å². The minimum atomic E-state index is -1.66. The third kappa shape index (κ3) is 16.7. The zero-order valence-electron chi connectivity index (χ0n) is 16.5. The van der Waals surface area contributed by atoms with Crippen LogP contribution >= 0.6 is 0 Å². The molecule has 0 atom stereocenters. The molecule has 0 rings (SSSR count). The van der Waals surface area contributed by atoms with E-state index in [1.165, 1.54) is 24.3 Å². The van der Waals surface area contributed by atoms with Crippen LogP contribution in [0.15, 0.2) is 36.5 Å². The summed E-state index contributed by atoms with van der Waals surface area (Å²) in [6, 6.07) is 0. The molecule has 0 saturated carbocycles. The number of allylic oxidation sites excluding steroid dienone is 6. The van der Waals surface area contributed by atoms with Crippen molar-refractivity contribution in [3.8, 4) is 0 Å². The van der Waals surface area contributed by atoms with Crippen molar-refractivity contribution in [2.75, 3.05) is 0 Å². The van der Waals surface area contributed by atoms with Gasteiger partial charge in [-0.3, -0.25) is 4.79 Å². The highest BCUT2D eigenvalue weighted by molar-refractivity contribution is 5.66. The monoisotopic (exact) mass is 282 g/mol. The van der Waals surface area contributed by atoms with E-state index in [1.54, 1.807) is 12.2 Å². The van der Waals surface area contributed by atoms with Gasteiger partial charge in [0.15, 0.2) is 0 Å². The van der Waals surface area contributed by atoms with Gasteiger partial charge in [-0.15, -0.1) is 0 Å². The second-order valence-electron chi connectivity index (χ2n) is 4.58. The van der Waals surface area contributed by atoms with Crippen LogP contribution in [0.1, 0.15) is 76.5 Å². The lowest BCUT2D eigenvalue weighted by molar-refractivity contribution is -0.137. The van der Waals surface area contributed by atoms with Crippen molar-refractivity contribution < 1.29 is 15.4 Å². The second kappa shape index (κ2) is 15.7. The molecule has 0 aliphatic rings. The largest absolute Gasteiger partial charge is 0.481 e. The number of carboxylic acid groups (broad SMARTS) is 1. The first kappa shape index (κ1) is 12.4. The highest BCUT2D eigenvalue weighted by Crippen LogP contribution is 2.07. The van der Waals surface area contributed by atoms with Crippen molar-refractivity contribution >= 4 is 5.97 Å². The third-order valence-electron chi connectivity index (χ3n) is 2.70. The van der Waals surface area contributed by atoms with E-state index in [2.05, 4.69) is 0 Å². The maximum Gasteiger partial charge on any atom is 0.303 e. The van der Waals surface area contributed by atoms with Crippen LogP contribution < -0.4 is 0 Å². The van der Waals surface area contributed by atoms with Gasteiger partial charge in [0.25, 0.3) is 0 Å². The number of unbranched alkanes of at least 4 members (excludes halogenated alkanes) is 5. The molecule has 114 valence electrons. The highest BCUT2D eigenvalue weighted by atomic mass is 16.4. The fourth-order valence-electron chi connectivity index (χ4n) is 1.61. The van der Waals surface area contributed by atoms with Gasteiger partial charge in [0.2, 0.25) is 0 Å². The van der Waals surface area contributed by atoms with Crippen molar-refractivity contribution in [2.24, 2.45) is 0 Å². The number of aliphatic carboxylic acids is 1. The molecule has 1 N–H and O–H groups in total. The van der Waals surface area contributed by atoms with Crippen LogP contribution in [0.4, 0.5) is 0 Å². The minimum absolute atomic E-state index is 0.230. The van der Waals surface area contributed by atoms with Crippen LogP contribution in [0, 0.1) is 0 Å². The molecule has 0 radical (unpaired) electrons. The summed E-state index contributed by atoms with van der Waals surface area (Å²) in [5, 5.41) is 8.52. The quantitative estimate of drug-likeness (QED) is 0.349. The molecule has 0 amide bonds. The molecule has 0 saturated heterocycles. The zero-order valence-corrected chi connectivity index (χ0v) is 12.5. The Morgan fingerprint density at radius 2 is 1.45 bits per heavy atom. The Balaban J connectivity index is 4.02. The molecule has 0 spiro atoms. The average molecular weight is 282 g/mol. The highest BCUT2D eigenvalue weighted by Gasteiger charge is 1.95. The fraction of sp³-hybridized carbons (Fsp3) is 0.611. The van der Waals surface area contributed by atoms with E-state index < -0.39 is 18.7 Å². The fourth-order valence-corrected chi connectivity index (χ4v) is 1.61. The molecular formula is C18H30O2. The zero-order chi connectivity index (χ0) is 18.5. The molecule has 0 bridgehead atoms. The SMILES string of the molecule is [2H]C([2H])(C=CCC)/C=C\C([2H])([2H])/C=C\CCCCCCCC(=O)O. The second-order valence-corrected chi connectivity index (χ2v) is 4.58. The summed E-state index contributed by atoms with van der Waals surface area (Å²) >= 11 is 0. The lowest BCUT2D eigenvalue weighted by Crippen LogP contribution is -1.93. The molecule has 0 aliphatic heterocycles. The van der Waals surface area contributed by atoms with Crippen LogP contribution in [0.5, 0.6) is 0 Å². The maximum absolute atomic E-state index is 10.4. The molecule has 2 nitrogen and oxygen atoms in total. The normalized spacial score (nSPS) is 16.4. The standard InChI is InChI=1S/C18H30O2/c1-2-3-4-5-6-7-8-9-10-11-12-13-14-15-16-17-18(19)20/h3-4,6-7,9-10H,2,5,8,11-17H2,1H3,(H,19,20)/b4-3?,7-6-,10-9-/i5D2,8D2. The molecule has 20 heavy (non-hydrogen) atoms. The molecule has 0 fully saturated rings. The van der Waals surface area contributed by atoms with Gasteiger partial charge in [-0.2, -0.15) is 0 Å². The molecule has 0 aromatic carbocycles. The first-order valence-electron chi connectivity index (χ1n) is 9.46. The lowest BCUT2D eigenvalue weighted by Gasteiger charge is -1.98. The van der Waals surface area contributed by atoms with Gasteiger partial charge in [-0.1, -0.05) is 62.6 Å². The van der Waals surface area contributed by atoms with Gasteiger partial charge in [0.1, 0.15) is 0 Å². The molecule has 0 aromatic rings. The van der Waals surface area contributed by atoms with E-state index >= 15 is 0 Å². The molecule has 0 aromatic heterocycles. The minimum Gasteiger partial charge on any atom is -0.481 e. The van der Waals surface area contributed by atoms with Gasteiger partial charge < -0.3 is 5.11 Å². The maximum atomic E-state index is 10.4. The Morgan fingerprint density at radius 1 is 0.900 bits per heavy atom. The third-order valence-corrected chi connectivity index (χ3v) is 2.70. The predicted molar refractivity (Wildman–Crippen MR) is 86.9 cm³/mol. The van der Waals surface area contributed by atoms with Gasteiger partial charge >= 0.3 is 5.97 Å². The van der Waals surface area contributed by atoms with Crippen molar-refractivity contribution in [1.82, 2.24) is 0 Å². The Bertz CT molecular complexity index is 440. The van der Waals surface area contributed by atoms with Gasteiger partial charge in [-0.05, 0) is 38.4 Å². The van der Waals surface area contributed by atoms with Gasteiger partial charge in [-0.25, -0.2) is 0 Å². The predicted octanol–water partition coefficient (Wildman–Crippen LogP) is 5.66. The Labute approximate surface area is 129 Å². The van der Waals surface area contributed by atoms with Crippen LogP contribution in [0.2, 0.25) is 0 Å². The van der Waals surface area contributed by atoms with Crippen molar-refractivity contribution in [1.29, 1.82) is 0 Å². The number of carbonyl (C=O) groups is 1. The molecule has 0 unspecified atom stereocenters. The summed E-state index contributed by atoms with van der Waals surface area (Å²) in [5.74, 6) is -0.747.